The second-order valence-corrected chi connectivity index (χ2v) is 12.2. The minimum Gasteiger partial charge on any atom is -0.394 e. The maximum Gasteiger partial charge on any atom is 0.251 e. The summed E-state index contributed by atoms with van der Waals surface area (Å²) in [6.45, 7) is 19.1. The molecule has 2 aliphatic rings. The number of rotatable bonds is 9. The Labute approximate surface area is 299 Å². The summed E-state index contributed by atoms with van der Waals surface area (Å²) in [7, 11) is 3.45. The molecule has 10 nitrogen and oxygen atoms in total. The molecule has 1 aliphatic carbocycles. The first-order valence-electron chi connectivity index (χ1n) is 17.4. The maximum atomic E-state index is 12.9. The Bertz CT molecular complexity index is 1600. The van der Waals surface area contributed by atoms with E-state index in [1.807, 2.05) is 56.4 Å². The molecule has 2 amide bonds. The van der Waals surface area contributed by atoms with E-state index in [0.717, 1.165) is 53.8 Å². The highest BCUT2D eigenvalue weighted by Gasteiger charge is 2.42. The van der Waals surface area contributed by atoms with Crippen LogP contribution in [-0.4, -0.2) is 71.7 Å². The van der Waals surface area contributed by atoms with Crippen molar-refractivity contribution in [1.82, 2.24) is 36.0 Å². The van der Waals surface area contributed by atoms with E-state index in [2.05, 4.69) is 78.8 Å². The van der Waals surface area contributed by atoms with E-state index in [1.165, 1.54) is 12.0 Å². The molecule has 5 rings (SSSR count). The van der Waals surface area contributed by atoms with Crippen LogP contribution in [-0.2, 0) is 16.6 Å². The Morgan fingerprint density at radius 3 is 2.44 bits per heavy atom. The van der Waals surface area contributed by atoms with Crippen molar-refractivity contribution in [3.05, 3.63) is 108 Å². The van der Waals surface area contributed by atoms with Crippen LogP contribution in [0, 0.1) is 18.3 Å². The number of aromatic nitrogens is 3. The monoisotopic (exact) mass is 680 g/mol. The van der Waals surface area contributed by atoms with E-state index in [4.69, 9.17) is 4.98 Å². The van der Waals surface area contributed by atoms with Gasteiger partial charge in [0.2, 0.25) is 5.91 Å². The molecule has 0 bridgehead atoms. The number of nitriles is 1. The van der Waals surface area contributed by atoms with Crippen LogP contribution in [0.1, 0.15) is 85.7 Å². The molecule has 0 radical (unpaired) electrons. The third-order valence-electron chi connectivity index (χ3n) is 8.67. The first-order chi connectivity index (χ1) is 24.2. The summed E-state index contributed by atoms with van der Waals surface area (Å²) in [6, 6.07) is 15.9. The fraction of sp³-hybridized carbons (Fsp3) is 0.425. The number of hydrogen-bond acceptors (Lipinski definition) is 7. The Hall–Kier alpha value is -5.01. The zero-order chi connectivity index (χ0) is 37.1. The van der Waals surface area contributed by atoms with Gasteiger partial charge in [-0.3, -0.25) is 14.7 Å². The largest absolute Gasteiger partial charge is 0.394 e. The Morgan fingerprint density at radius 2 is 1.82 bits per heavy atom. The van der Waals surface area contributed by atoms with Gasteiger partial charge in [0.05, 0.1) is 18.0 Å². The summed E-state index contributed by atoms with van der Waals surface area (Å²) in [5.74, 6) is 1.19. The van der Waals surface area contributed by atoms with E-state index >= 15 is 0 Å². The molecule has 4 N–H and O–H groups in total. The predicted molar refractivity (Wildman–Crippen MR) is 204 cm³/mol. The highest BCUT2D eigenvalue weighted by molar-refractivity contribution is 5.94. The number of carbonyl (C=O) groups excluding carboxylic acids is 2. The zero-order valence-electron chi connectivity index (χ0n) is 30.9. The number of aryl methyl sites for hydroxylation is 2. The average Bonchev–Trinajstić information content (AvgIpc) is 3.81. The van der Waals surface area contributed by atoms with Gasteiger partial charge in [0.1, 0.15) is 11.9 Å². The average molecular weight is 681 g/mol. The molecule has 1 saturated heterocycles. The summed E-state index contributed by atoms with van der Waals surface area (Å²) < 4.78 is 0. The molecule has 268 valence electrons. The lowest BCUT2D eigenvalue weighted by Crippen LogP contribution is -2.42. The fourth-order valence-corrected chi connectivity index (χ4v) is 6.15. The van der Waals surface area contributed by atoms with E-state index in [-0.39, 0.29) is 24.4 Å². The second kappa shape index (κ2) is 21.2. The summed E-state index contributed by atoms with van der Waals surface area (Å²) in [5.41, 5.74) is 5.41. The van der Waals surface area contributed by atoms with Gasteiger partial charge >= 0.3 is 0 Å². The lowest BCUT2D eigenvalue weighted by atomic mass is 9.70. The van der Waals surface area contributed by atoms with Gasteiger partial charge in [-0.15, -0.1) is 13.2 Å². The number of nitrogens with one attached hydrogen (secondary N) is 4. The molecule has 1 fully saturated rings. The molecule has 2 unspecified atom stereocenters. The number of amides is 2. The van der Waals surface area contributed by atoms with Crippen LogP contribution in [0.25, 0.3) is 11.4 Å². The Balaban J connectivity index is 0.000000872. The van der Waals surface area contributed by atoms with E-state index < -0.39 is 5.41 Å². The molecular weight excluding hydrogens is 624 g/mol. The SMILES string of the molecule is C=C.C=CNC.CCC.CNC(=O)c1ccc2c(c1)CCC=C(C)C2(CCNCC(=O)N1CCCC1C#N)c1nc(-c2ccc(C)cc2)n[nH]1. The van der Waals surface area contributed by atoms with Crippen molar-refractivity contribution >= 4 is 11.8 Å². The minimum absolute atomic E-state index is 0.0480. The maximum absolute atomic E-state index is 12.9. The summed E-state index contributed by atoms with van der Waals surface area (Å²) in [4.78, 5) is 32.1. The number of carbonyl (C=O) groups is 2. The van der Waals surface area contributed by atoms with Crippen molar-refractivity contribution in [1.29, 1.82) is 5.26 Å². The summed E-state index contributed by atoms with van der Waals surface area (Å²) in [5, 5.41) is 26.0. The minimum atomic E-state index is -0.637. The van der Waals surface area contributed by atoms with Crippen LogP contribution in [0.15, 0.2) is 80.1 Å². The molecule has 10 heteroatoms. The van der Waals surface area contributed by atoms with Gasteiger partial charge < -0.3 is 20.9 Å². The van der Waals surface area contributed by atoms with Crippen LogP contribution >= 0.6 is 0 Å². The van der Waals surface area contributed by atoms with Crippen molar-refractivity contribution in [3.8, 4) is 17.5 Å². The van der Waals surface area contributed by atoms with E-state index in [1.54, 1.807) is 18.1 Å². The lowest BCUT2D eigenvalue weighted by Gasteiger charge is -2.35. The van der Waals surface area contributed by atoms with Crippen molar-refractivity contribution in [2.24, 2.45) is 0 Å². The number of allylic oxidation sites excluding steroid dienone is 2. The first-order valence-corrected chi connectivity index (χ1v) is 17.4. The van der Waals surface area contributed by atoms with Gasteiger partial charge in [-0.05, 0) is 82.0 Å². The smallest absolute Gasteiger partial charge is 0.251 e. The van der Waals surface area contributed by atoms with Crippen molar-refractivity contribution in [3.63, 3.8) is 0 Å². The Morgan fingerprint density at radius 1 is 1.14 bits per heavy atom. The van der Waals surface area contributed by atoms with Crippen molar-refractivity contribution in [2.75, 3.05) is 33.7 Å². The van der Waals surface area contributed by atoms with Crippen molar-refractivity contribution < 1.29 is 9.59 Å². The lowest BCUT2D eigenvalue weighted by molar-refractivity contribution is -0.130. The van der Waals surface area contributed by atoms with Crippen LogP contribution in [0.2, 0.25) is 0 Å². The normalized spacial score (nSPS) is 17.3. The quantitative estimate of drug-likeness (QED) is 0.152. The highest BCUT2D eigenvalue weighted by atomic mass is 16.2. The molecule has 0 spiro atoms. The van der Waals surface area contributed by atoms with Crippen LogP contribution in [0.3, 0.4) is 0 Å². The fourth-order valence-electron chi connectivity index (χ4n) is 6.15. The Kier molecular flexibility index (Phi) is 17.4. The molecule has 2 aromatic carbocycles. The number of fused-ring (bicyclic) bond motifs is 1. The molecule has 50 heavy (non-hydrogen) atoms. The number of aromatic amines is 1. The van der Waals surface area contributed by atoms with Gasteiger partial charge in [0.15, 0.2) is 5.82 Å². The molecule has 1 aliphatic heterocycles. The van der Waals surface area contributed by atoms with Gasteiger partial charge in [-0.2, -0.15) is 10.4 Å². The number of benzene rings is 2. The van der Waals surface area contributed by atoms with Crippen LogP contribution in [0.5, 0.6) is 0 Å². The van der Waals surface area contributed by atoms with Gasteiger partial charge in [-0.1, -0.05) is 74.4 Å². The molecule has 0 saturated carbocycles. The predicted octanol–water partition coefficient (Wildman–Crippen LogP) is 6.38. The third-order valence-corrected chi connectivity index (χ3v) is 8.67. The summed E-state index contributed by atoms with van der Waals surface area (Å²) in [6.07, 6.45) is 8.99. The van der Waals surface area contributed by atoms with Crippen molar-refractivity contribution in [2.45, 2.75) is 77.7 Å². The number of nitrogens with zero attached hydrogens (tertiary/aromatic N) is 4. The van der Waals surface area contributed by atoms with Crippen LogP contribution in [0.4, 0.5) is 0 Å². The van der Waals surface area contributed by atoms with E-state index in [9.17, 15) is 14.9 Å². The molecular formula is C40H56N8O2. The zero-order valence-corrected chi connectivity index (χ0v) is 30.9. The molecule has 3 aromatic rings. The standard InChI is InChI=1S/C32H37N7O2.C3H7N.C3H8.C2H4/c1-21-9-11-23(12-10-21)29-36-31(38-37-29)32(15-16-35-20-28(40)39-17-5-8-26(39)19-33)22(2)6-4-7-24-18-25(30(41)34-3)13-14-27(24)32;1-3-4-2;1-3-2;1-2/h6,9-14,18,26,35H,4-5,7-8,15-17,20H2,1-3H3,(H,34,41)(H,36,37,38);3-4H,1H2,2H3;3H2,1-2H3;1-2H2. The van der Waals surface area contributed by atoms with Crippen LogP contribution < -0.4 is 16.0 Å². The third kappa shape index (κ3) is 10.3. The number of likely N-dealkylation sites (tertiary alicyclic amines) is 1. The first kappa shape index (κ1) is 41.2. The second-order valence-electron chi connectivity index (χ2n) is 12.2. The number of hydrogen-bond donors (Lipinski definition) is 4. The van der Waals surface area contributed by atoms with E-state index in [0.29, 0.717) is 30.9 Å². The molecule has 2 atom stereocenters. The summed E-state index contributed by atoms with van der Waals surface area (Å²) >= 11 is 0. The molecule has 2 heterocycles. The number of H-pyrrole nitrogens is 1. The van der Waals surface area contributed by atoms with Gasteiger partial charge in [0.25, 0.3) is 5.91 Å². The molecule has 1 aromatic heterocycles. The van der Waals surface area contributed by atoms with Gasteiger partial charge in [-0.25, -0.2) is 4.98 Å². The topological polar surface area (TPSA) is 139 Å². The van der Waals surface area contributed by atoms with Gasteiger partial charge in [0, 0.05) is 31.8 Å². The highest BCUT2D eigenvalue weighted by Crippen LogP contribution is 2.45.